The van der Waals surface area contributed by atoms with Gasteiger partial charge in [0.25, 0.3) is 0 Å². The Morgan fingerprint density at radius 3 is 2.14 bits per heavy atom. The quantitative estimate of drug-likeness (QED) is 0.782. The molecule has 0 fully saturated rings. The van der Waals surface area contributed by atoms with Crippen LogP contribution in [0.2, 0.25) is 0 Å². The predicted molar refractivity (Wildman–Crippen MR) is 94.6 cm³/mol. The molecule has 1 aromatic carbocycles. The van der Waals surface area contributed by atoms with Gasteiger partial charge in [-0.3, -0.25) is 0 Å². The highest BCUT2D eigenvalue weighted by atomic mass is 32.1. The van der Waals surface area contributed by atoms with E-state index >= 15 is 0 Å². The van der Waals surface area contributed by atoms with Crippen LogP contribution in [0.25, 0.3) is 0 Å². The van der Waals surface area contributed by atoms with E-state index in [1.54, 1.807) is 0 Å². The molecule has 0 aliphatic rings. The SMILES string of the molecule is CCCNC(c1cc(C)c(C)s1)c1cc(C)c(C)cc1C. The monoisotopic (exact) mass is 301 g/mol. The molecule has 1 atom stereocenters. The van der Waals surface area contributed by atoms with Crippen molar-refractivity contribution in [3.8, 4) is 0 Å². The van der Waals surface area contributed by atoms with Crippen molar-refractivity contribution in [2.45, 2.75) is 54.0 Å². The van der Waals surface area contributed by atoms with Gasteiger partial charge in [-0.05, 0) is 81.5 Å². The van der Waals surface area contributed by atoms with Gasteiger partial charge in [-0.15, -0.1) is 11.3 Å². The molecular weight excluding hydrogens is 274 g/mol. The minimum atomic E-state index is 0.321. The van der Waals surface area contributed by atoms with Crippen molar-refractivity contribution in [1.29, 1.82) is 0 Å². The maximum atomic E-state index is 3.74. The fraction of sp³-hybridized carbons (Fsp3) is 0.474. The Bertz CT molecular complexity index is 605. The topological polar surface area (TPSA) is 12.0 Å². The predicted octanol–water partition coefficient (Wildman–Crippen LogP) is 5.38. The summed E-state index contributed by atoms with van der Waals surface area (Å²) < 4.78 is 0. The van der Waals surface area contributed by atoms with E-state index in [-0.39, 0.29) is 0 Å². The number of nitrogens with one attached hydrogen (secondary N) is 1. The van der Waals surface area contributed by atoms with Gasteiger partial charge in [-0.25, -0.2) is 0 Å². The Hall–Kier alpha value is -1.12. The molecule has 0 bridgehead atoms. The average Bonchev–Trinajstić information content (AvgIpc) is 2.75. The molecule has 2 heteroatoms. The summed E-state index contributed by atoms with van der Waals surface area (Å²) >= 11 is 1.92. The maximum absolute atomic E-state index is 3.74. The fourth-order valence-electron chi connectivity index (χ4n) is 2.69. The number of benzene rings is 1. The third-order valence-electron chi connectivity index (χ3n) is 4.26. The number of thiophene rings is 1. The summed E-state index contributed by atoms with van der Waals surface area (Å²) in [4.78, 5) is 2.86. The van der Waals surface area contributed by atoms with Crippen LogP contribution in [-0.2, 0) is 0 Å². The first-order chi connectivity index (χ1) is 9.93. The van der Waals surface area contributed by atoms with Gasteiger partial charge in [-0.2, -0.15) is 0 Å². The van der Waals surface area contributed by atoms with Crippen LogP contribution < -0.4 is 5.32 Å². The second-order valence-electron chi connectivity index (χ2n) is 6.07. The van der Waals surface area contributed by atoms with Gasteiger partial charge in [0.1, 0.15) is 0 Å². The van der Waals surface area contributed by atoms with Crippen LogP contribution in [0.3, 0.4) is 0 Å². The zero-order chi connectivity index (χ0) is 15.6. The van der Waals surface area contributed by atoms with E-state index < -0.39 is 0 Å². The van der Waals surface area contributed by atoms with Gasteiger partial charge >= 0.3 is 0 Å². The number of aryl methyl sites for hydroxylation is 5. The van der Waals surface area contributed by atoms with Crippen molar-refractivity contribution in [2.75, 3.05) is 6.54 Å². The highest BCUT2D eigenvalue weighted by Crippen LogP contribution is 2.33. The lowest BCUT2D eigenvalue weighted by Gasteiger charge is -2.21. The van der Waals surface area contributed by atoms with E-state index in [4.69, 9.17) is 0 Å². The molecule has 0 aliphatic heterocycles. The molecule has 0 aliphatic carbocycles. The van der Waals surface area contributed by atoms with E-state index in [9.17, 15) is 0 Å². The number of rotatable bonds is 5. The minimum Gasteiger partial charge on any atom is -0.306 e. The molecule has 1 heterocycles. The highest BCUT2D eigenvalue weighted by molar-refractivity contribution is 7.12. The first-order valence-electron chi connectivity index (χ1n) is 7.82. The molecule has 0 spiro atoms. The smallest absolute Gasteiger partial charge is 0.0673 e. The molecule has 1 aromatic heterocycles. The molecule has 1 nitrogen and oxygen atoms in total. The Kier molecular flexibility index (Phi) is 5.23. The van der Waals surface area contributed by atoms with Gasteiger partial charge in [0, 0.05) is 9.75 Å². The Morgan fingerprint density at radius 1 is 0.905 bits per heavy atom. The molecule has 21 heavy (non-hydrogen) atoms. The van der Waals surface area contributed by atoms with Gasteiger partial charge in [-0.1, -0.05) is 19.1 Å². The Morgan fingerprint density at radius 2 is 1.57 bits per heavy atom. The van der Waals surface area contributed by atoms with Crippen molar-refractivity contribution in [2.24, 2.45) is 0 Å². The van der Waals surface area contributed by atoms with Crippen molar-refractivity contribution < 1.29 is 0 Å². The summed E-state index contributed by atoms with van der Waals surface area (Å²) in [5.41, 5.74) is 6.97. The lowest BCUT2D eigenvalue weighted by Crippen LogP contribution is -2.23. The minimum absolute atomic E-state index is 0.321. The van der Waals surface area contributed by atoms with Crippen LogP contribution in [0.1, 0.15) is 57.0 Å². The molecule has 0 saturated heterocycles. The zero-order valence-electron chi connectivity index (χ0n) is 14.1. The summed E-state index contributed by atoms with van der Waals surface area (Å²) in [5.74, 6) is 0. The summed E-state index contributed by atoms with van der Waals surface area (Å²) in [6.07, 6.45) is 1.16. The highest BCUT2D eigenvalue weighted by Gasteiger charge is 2.19. The zero-order valence-corrected chi connectivity index (χ0v) is 14.9. The third-order valence-corrected chi connectivity index (χ3v) is 5.48. The van der Waals surface area contributed by atoms with Gasteiger partial charge in [0.2, 0.25) is 0 Å². The van der Waals surface area contributed by atoms with Crippen LogP contribution >= 0.6 is 11.3 Å². The summed E-state index contributed by atoms with van der Waals surface area (Å²) in [5, 5.41) is 3.74. The molecule has 0 radical (unpaired) electrons. The standard InChI is InChI=1S/C19H27NS/c1-7-8-20-19(18-11-14(4)16(6)21-18)17-10-13(3)12(2)9-15(17)5/h9-11,19-20H,7-8H2,1-6H3. The average molecular weight is 301 g/mol. The lowest BCUT2D eigenvalue weighted by atomic mass is 9.94. The lowest BCUT2D eigenvalue weighted by molar-refractivity contribution is 0.603. The van der Waals surface area contributed by atoms with Crippen LogP contribution in [0.15, 0.2) is 18.2 Å². The molecule has 1 N–H and O–H groups in total. The molecule has 2 rings (SSSR count). The van der Waals surface area contributed by atoms with Crippen molar-refractivity contribution in [3.05, 3.63) is 55.8 Å². The molecule has 0 amide bonds. The molecular formula is C19H27NS. The maximum Gasteiger partial charge on any atom is 0.0673 e. The Labute approximate surface area is 133 Å². The number of hydrogen-bond donors (Lipinski definition) is 1. The van der Waals surface area contributed by atoms with E-state index in [0.717, 1.165) is 13.0 Å². The normalized spacial score (nSPS) is 12.7. The Balaban J connectivity index is 2.47. The van der Waals surface area contributed by atoms with E-state index in [2.05, 4.69) is 65.1 Å². The van der Waals surface area contributed by atoms with Crippen LogP contribution in [-0.4, -0.2) is 6.54 Å². The van der Waals surface area contributed by atoms with E-state index in [1.165, 1.54) is 37.6 Å². The summed E-state index contributed by atoms with van der Waals surface area (Å²) in [7, 11) is 0. The molecule has 1 unspecified atom stereocenters. The second kappa shape index (κ2) is 6.76. The van der Waals surface area contributed by atoms with Crippen molar-refractivity contribution in [1.82, 2.24) is 5.32 Å². The molecule has 2 aromatic rings. The van der Waals surface area contributed by atoms with Gasteiger partial charge < -0.3 is 5.32 Å². The first kappa shape index (κ1) is 16.3. The third kappa shape index (κ3) is 3.56. The van der Waals surface area contributed by atoms with E-state index in [1.807, 2.05) is 11.3 Å². The fourth-order valence-corrected chi connectivity index (χ4v) is 3.83. The van der Waals surface area contributed by atoms with Crippen LogP contribution in [0.4, 0.5) is 0 Å². The number of hydrogen-bond acceptors (Lipinski definition) is 2. The first-order valence-corrected chi connectivity index (χ1v) is 8.63. The molecule has 114 valence electrons. The van der Waals surface area contributed by atoms with E-state index in [0.29, 0.717) is 6.04 Å². The second-order valence-corrected chi connectivity index (χ2v) is 7.36. The van der Waals surface area contributed by atoms with Gasteiger partial charge in [0.15, 0.2) is 0 Å². The van der Waals surface area contributed by atoms with Crippen molar-refractivity contribution >= 4 is 11.3 Å². The summed E-state index contributed by atoms with van der Waals surface area (Å²) in [6.45, 7) is 14.3. The van der Waals surface area contributed by atoms with Crippen LogP contribution in [0.5, 0.6) is 0 Å². The summed E-state index contributed by atoms with van der Waals surface area (Å²) in [6, 6.07) is 7.35. The van der Waals surface area contributed by atoms with Crippen LogP contribution in [0, 0.1) is 34.6 Å². The molecule has 0 saturated carbocycles. The van der Waals surface area contributed by atoms with Crippen molar-refractivity contribution in [3.63, 3.8) is 0 Å². The largest absolute Gasteiger partial charge is 0.306 e. The van der Waals surface area contributed by atoms with Gasteiger partial charge in [0.05, 0.1) is 6.04 Å².